The molecule has 200 valence electrons. The molecule has 2 heterocycles. The number of nitrogens with one attached hydrogen (secondary N) is 2. The van der Waals surface area contributed by atoms with Gasteiger partial charge in [0.1, 0.15) is 17.1 Å². The van der Waals surface area contributed by atoms with Crippen LogP contribution in [-0.2, 0) is 15.6 Å². The molecule has 4 N–H and O–H groups in total. The summed E-state index contributed by atoms with van der Waals surface area (Å²) in [6.07, 6.45) is 4.43. The lowest BCUT2D eigenvalue weighted by molar-refractivity contribution is 0.0820. The van der Waals surface area contributed by atoms with E-state index in [2.05, 4.69) is 20.5 Å². The Morgan fingerprint density at radius 1 is 1.19 bits per heavy atom. The van der Waals surface area contributed by atoms with Crippen LogP contribution in [0.4, 0.5) is 11.8 Å². The summed E-state index contributed by atoms with van der Waals surface area (Å²) in [5, 5.41) is 6.39. The number of phosphoric ester groups is 1. The lowest BCUT2D eigenvalue weighted by Gasteiger charge is -2.29. The number of fused-ring (bicyclic) bond motifs is 1. The van der Waals surface area contributed by atoms with E-state index in [9.17, 15) is 9.36 Å². The number of hydrogen-bond acceptors (Lipinski definition) is 8. The molecule has 3 aliphatic rings. The Labute approximate surface area is 216 Å². The molecular weight excluding hydrogens is 497 g/mol. The smallest absolute Gasteiger partial charge is 0.469 e. The monoisotopic (exact) mass is 531 g/mol. The Morgan fingerprint density at radius 2 is 1.92 bits per heavy atom. The summed E-state index contributed by atoms with van der Waals surface area (Å²) in [4.78, 5) is 42.8. The van der Waals surface area contributed by atoms with E-state index >= 15 is 0 Å². The van der Waals surface area contributed by atoms with Gasteiger partial charge in [0.2, 0.25) is 5.95 Å². The molecule has 2 saturated carbocycles. The van der Waals surface area contributed by atoms with Crippen molar-refractivity contribution in [3.05, 3.63) is 41.1 Å². The van der Waals surface area contributed by atoms with Crippen molar-refractivity contribution < 1.29 is 28.4 Å². The zero-order chi connectivity index (χ0) is 26.2. The Hall–Kier alpha value is -2.72. The van der Waals surface area contributed by atoms with Gasteiger partial charge in [-0.05, 0) is 68.1 Å². The Bertz CT molecular complexity index is 1190. The molecule has 11 nitrogen and oxygen atoms in total. The maximum atomic E-state index is 13.3. The van der Waals surface area contributed by atoms with Crippen molar-refractivity contribution in [2.75, 3.05) is 30.4 Å². The lowest BCUT2D eigenvalue weighted by Crippen LogP contribution is -2.39. The number of carbonyl (C=O) groups is 1. The highest BCUT2D eigenvalue weighted by Gasteiger charge is 2.46. The van der Waals surface area contributed by atoms with Crippen molar-refractivity contribution in [3.8, 4) is 5.75 Å². The number of aryl methyl sites for hydroxylation is 1. The van der Waals surface area contributed by atoms with Crippen molar-refractivity contribution in [3.63, 3.8) is 0 Å². The number of hydrogen-bond donors (Lipinski definition) is 4. The van der Waals surface area contributed by atoms with Crippen LogP contribution in [0.3, 0.4) is 0 Å². The number of methoxy groups -OCH3 is 1. The van der Waals surface area contributed by atoms with Gasteiger partial charge in [0.15, 0.2) is 0 Å². The summed E-state index contributed by atoms with van der Waals surface area (Å²) in [5.41, 5.74) is 2.43. The minimum absolute atomic E-state index is 0.119. The van der Waals surface area contributed by atoms with Crippen molar-refractivity contribution >= 4 is 25.5 Å². The molecule has 0 bridgehead atoms. The molecule has 2 atom stereocenters. The molecule has 0 radical (unpaired) electrons. The molecule has 0 spiro atoms. The zero-order valence-electron chi connectivity index (χ0n) is 21.1. The minimum atomic E-state index is -4.52. The van der Waals surface area contributed by atoms with Crippen molar-refractivity contribution in [2.24, 2.45) is 11.8 Å². The van der Waals surface area contributed by atoms with Crippen LogP contribution in [0.1, 0.15) is 53.6 Å². The number of rotatable bonds is 9. The molecule has 1 aliphatic heterocycles. The highest BCUT2D eigenvalue weighted by Crippen LogP contribution is 2.45. The normalized spacial score (nSPS) is 24.9. The number of phosphoric acid groups is 1. The molecule has 3 fully saturated rings. The predicted molar refractivity (Wildman–Crippen MR) is 138 cm³/mol. The molecule has 1 aromatic carbocycles. The fourth-order valence-corrected chi connectivity index (χ4v) is 5.99. The van der Waals surface area contributed by atoms with Gasteiger partial charge in [0, 0.05) is 31.9 Å². The summed E-state index contributed by atoms with van der Waals surface area (Å²) in [6, 6.07) is 5.83. The predicted octanol–water partition coefficient (Wildman–Crippen LogP) is 3.01. The van der Waals surface area contributed by atoms with E-state index in [0.717, 1.165) is 41.8 Å². The first-order valence-electron chi connectivity index (χ1n) is 12.7. The summed E-state index contributed by atoms with van der Waals surface area (Å²) in [7, 11) is -2.87. The summed E-state index contributed by atoms with van der Waals surface area (Å²) >= 11 is 0. The van der Waals surface area contributed by atoms with Crippen molar-refractivity contribution in [1.82, 2.24) is 15.3 Å². The number of carbonyl (C=O) groups excluding carboxylic acids is 1. The van der Waals surface area contributed by atoms with Crippen molar-refractivity contribution in [2.45, 2.75) is 57.7 Å². The number of amides is 1. The van der Waals surface area contributed by atoms with Gasteiger partial charge in [-0.15, -0.1) is 0 Å². The molecule has 12 heteroatoms. The molecule has 37 heavy (non-hydrogen) atoms. The first kappa shape index (κ1) is 25.9. The van der Waals surface area contributed by atoms with E-state index in [1.54, 1.807) is 13.3 Å². The molecule has 1 saturated heterocycles. The minimum Gasteiger partial charge on any atom is -0.496 e. The topological polar surface area (TPSA) is 146 Å². The second-order valence-corrected chi connectivity index (χ2v) is 11.5. The van der Waals surface area contributed by atoms with Crippen LogP contribution >= 0.6 is 7.82 Å². The van der Waals surface area contributed by atoms with E-state index in [0.29, 0.717) is 49.6 Å². The van der Waals surface area contributed by atoms with Gasteiger partial charge in [-0.25, -0.2) is 9.55 Å². The fourth-order valence-electron chi connectivity index (χ4n) is 5.39. The van der Waals surface area contributed by atoms with Crippen LogP contribution in [0.2, 0.25) is 0 Å². The van der Waals surface area contributed by atoms with E-state index in [1.807, 2.05) is 25.1 Å². The van der Waals surface area contributed by atoms with Crippen LogP contribution in [0.25, 0.3) is 0 Å². The zero-order valence-corrected chi connectivity index (χ0v) is 22.0. The highest BCUT2D eigenvalue weighted by molar-refractivity contribution is 7.46. The molecule has 2 unspecified atom stereocenters. The van der Waals surface area contributed by atoms with Crippen LogP contribution in [0, 0.1) is 18.8 Å². The van der Waals surface area contributed by atoms with Crippen LogP contribution < -0.4 is 20.3 Å². The first-order valence-corrected chi connectivity index (χ1v) is 14.3. The third kappa shape index (κ3) is 6.41. The highest BCUT2D eigenvalue weighted by atomic mass is 31.2. The number of nitrogens with zero attached hydrogens (tertiary/aromatic N) is 3. The average molecular weight is 532 g/mol. The van der Waals surface area contributed by atoms with Gasteiger partial charge >= 0.3 is 7.82 Å². The summed E-state index contributed by atoms with van der Waals surface area (Å²) in [6.45, 7) is 4.38. The largest absolute Gasteiger partial charge is 0.496 e. The molecule has 2 aliphatic carbocycles. The quantitative estimate of drug-likeness (QED) is 0.356. The maximum absolute atomic E-state index is 13.3. The number of ether oxygens (including phenoxy) is 1. The third-order valence-corrected chi connectivity index (χ3v) is 8.07. The van der Waals surface area contributed by atoms with E-state index in [-0.39, 0.29) is 11.9 Å². The van der Waals surface area contributed by atoms with E-state index in [1.165, 1.54) is 6.42 Å². The first-order chi connectivity index (χ1) is 17.7. The number of anilines is 2. The van der Waals surface area contributed by atoms with E-state index in [4.69, 9.17) is 24.0 Å². The summed E-state index contributed by atoms with van der Waals surface area (Å²) < 4.78 is 21.3. The molecule has 5 rings (SSSR count). The van der Waals surface area contributed by atoms with Gasteiger partial charge in [0.05, 0.1) is 13.2 Å². The molecule has 1 aromatic heterocycles. The molecular formula is C25H34N5O6P. The van der Waals surface area contributed by atoms with Gasteiger partial charge in [-0.2, -0.15) is 4.98 Å². The van der Waals surface area contributed by atoms with Gasteiger partial charge in [-0.3, -0.25) is 9.32 Å². The van der Waals surface area contributed by atoms with Gasteiger partial charge in [-0.1, -0.05) is 12.1 Å². The standard InChI is InChI=1S/C25H34N5O6P/c1-15-9-16(3-8-22(15)35-2)11-26-23-21(12-27-25(29-23)30-13-17-10-18(17)14-30)24(31)28-19-4-6-20(7-5-19)36-37(32,33)34/h3,8-9,12,17-20H,4-7,10-11,13-14H2,1-2H3,(H,28,31)(H,26,27,29)(H2,32,33,34). The van der Waals surface area contributed by atoms with Crippen LogP contribution in [-0.4, -0.2) is 58.0 Å². The second kappa shape index (κ2) is 10.6. The lowest BCUT2D eigenvalue weighted by atomic mass is 9.93. The van der Waals surface area contributed by atoms with Crippen LogP contribution in [0.15, 0.2) is 24.4 Å². The maximum Gasteiger partial charge on any atom is 0.469 e. The number of benzene rings is 1. The Kier molecular flexibility index (Phi) is 7.40. The van der Waals surface area contributed by atoms with Crippen molar-refractivity contribution in [1.29, 1.82) is 0 Å². The SMILES string of the molecule is COc1ccc(CNc2nc(N3CC4CC4C3)ncc2C(=O)NC2CCC(OP(=O)(O)O)CC2)cc1C. The average Bonchev–Trinajstić information content (AvgIpc) is 3.47. The number of piperidine rings is 1. The molecule has 2 aromatic rings. The number of aromatic nitrogens is 2. The van der Waals surface area contributed by atoms with Gasteiger partial charge < -0.3 is 30.1 Å². The Balaban J connectivity index is 1.28. The molecule has 1 amide bonds. The van der Waals surface area contributed by atoms with Gasteiger partial charge in [0.25, 0.3) is 5.91 Å². The van der Waals surface area contributed by atoms with E-state index < -0.39 is 13.9 Å². The fraction of sp³-hybridized carbons (Fsp3) is 0.560. The summed E-state index contributed by atoms with van der Waals surface area (Å²) in [5.74, 6) is 3.12. The Morgan fingerprint density at radius 3 is 2.57 bits per heavy atom. The van der Waals surface area contributed by atoms with Crippen LogP contribution in [0.5, 0.6) is 5.75 Å². The second-order valence-electron chi connectivity index (χ2n) is 10.3. The third-order valence-electron chi connectivity index (χ3n) is 7.50.